The van der Waals surface area contributed by atoms with E-state index in [4.69, 9.17) is 0 Å². The van der Waals surface area contributed by atoms with Gasteiger partial charge in [-0.1, -0.05) is 58.4 Å². The highest BCUT2D eigenvalue weighted by molar-refractivity contribution is 9.10. The number of nitrogens with zero attached hydrogens (tertiary/aromatic N) is 1. The third-order valence-electron chi connectivity index (χ3n) is 5.30. The first-order chi connectivity index (χ1) is 14.5. The average molecular weight is 467 g/mol. The SMILES string of the molecule is CN1C(=O)C(NC(=O)Nc2cccc(Br)c2)NC(c2ccccc2)C2=C1C=CCC2. The van der Waals surface area contributed by atoms with Crippen LogP contribution >= 0.6 is 15.9 Å². The smallest absolute Gasteiger partial charge is 0.314 e. The summed E-state index contributed by atoms with van der Waals surface area (Å²) in [4.78, 5) is 27.4. The zero-order chi connectivity index (χ0) is 21.1. The van der Waals surface area contributed by atoms with Crippen molar-refractivity contribution in [2.75, 3.05) is 12.4 Å². The summed E-state index contributed by atoms with van der Waals surface area (Å²) in [6.45, 7) is 0. The maximum Gasteiger partial charge on any atom is 0.320 e. The highest BCUT2D eigenvalue weighted by Gasteiger charge is 2.35. The lowest BCUT2D eigenvalue weighted by molar-refractivity contribution is -0.130. The highest BCUT2D eigenvalue weighted by Crippen LogP contribution is 2.34. The minimum Gasteiger partial charge on any atom is -0.314 e. The molecule has 0 radical (unpaired) electrons. The minimum atomic E-state index is -0.869. The van der Waals surface area contributed by atoms with E-state index in [1.807, 2.05) is 48.5 Å². The van der Waals surface area contributed by atoms with Crippen LogP contribution in [0.4, 0.5) is 10.5 Å². The number of carbonyl (C=O) groups is 2. The second-order valence-corrected chi connectivity index (χ2v) is 8.22. The predicted octanol–water partition coefficient (Wildman–Crippen LogP) is 4.30. The zero-order valence-electron chi connectivity index (χ0n) is 16.6. The Morgan fingerprint density at radius 3 is 2.73 bits per heavy atom. The Morgan fingerprint density at radius 2 is 1.97 bits per heavy atom. The average Bonchev–Trinajstić information content (AvgIpc) is 2.85. The molecule has 2 atom stereocenters. The molecular weight excluding hydrogens is 444 g/mol. The van der Waals surface area contributed by atoms with Gasteiger partial charge in [0.05, 0.1) is 6.04 Å². The fraction of sp³-hybridized carbons (Fsp3) is 0.217. The van der Waals surface area contributed by atoms with Crippen molar-refractivity contribution in [2.24, 2.45) is 0 Å². The molecule has 2 aromatic rings. The molecular formula is C23H23BrN4O2. The van der Waals surface area contributed by atoms with Crippen LogP contribution in [-0.4, -0.2) is 30.1 Å². The van der Waals surface area contributed by atoms with Gasteiger partial charge in [-0.25, -0.2) is 4.79 Å². The van der Waals surface area contributed by atoms with Crippen LogP contribution in [0, 0.1) is 0 Å². The summed E-state index contributed by atoms with van der Waals surface area (Å²) in [5, 5.41) is 8.96. The number of benzene rings is 2. The maximum absolute atomic E-state index is 13.2. The standard InChI is InChI=1S/C23H23BrN4O2/c1-28-19-13-6-5-12-18(19)20(15-8-3-2-4-9-15)26-21(22(28)29)27-23(30)25-17-11-7-10-16(24)14-17/h2-4,6-11,13-14,20-21,26H,5,12H2,1H3,(H2,25,27,30). The van der Waals surface area contributed by atoms with Crippen molar-refractivity contribution in [3.05, 3.63) is 88.1 Å². The lowest BCUT2D eigenvalue weighted by Crippen LogP contribution is -2.55. The number of amides is 3. The Kier molecular flexibility index (Phi) is 6.01. The van der Waals surface area contributed by atoms with Crippen molar-refractivity contribution in [1.82, 2.24) is 15.5 Å². The maximum atomic E-state index is 13.2. The molecule has 2 aromatic carbocycles. The number of urea groups is 1. The number of hydrogen-bond donors (Lipinski definition) is 3. The van der Waals surface area contributed by atoms with Gasteiger partial charge in [0.2, 0.25) is 0 Å². The Hall–Kier alpha value is -2.90. The number of halogens is 1. The molecule has 0 aromatic heterocycles. The predicted molar refractivity (Wildman–Crippen MR) is 121 cm³/mol. The molecule has 0 saturated heterocycles. The first-order valence-electron chi connectivity index (χ1n) is 9.84. The van der Waals surface area contributed by atoms with Gasteiger partial charge >= 0.3 is 6.03 Å². The quantitative estimate of drug-likeness (QED) is 0.630. The third-order valence-corrected chi connectivity index (χ3v) is 5.79. The van der Waals surface area contributed by atoms with Gasteiger partial charge in [0, 0.05) is 22.9 Å². The number of carbonyl (C=O) groups excluding carboxylic acids is 2. The minimum absolute atomic E-state index is 0.170. The molecule has 3 N–H and O–H groups in total. The van der Waals surface area contributed by atoms with Gasteiger partial charge in [-0.2, -0.15) is 0 Å². The molecule has 7 heteroatoms. The molecule has 3 amide bonds. The highest BCUT2D eigenvalue weighted by atomic mass is 79.9. The normalized spacial score (nSPS) is 21.1. The Labute approximate surface area is 184 Å². The van der Waals surface area contributed by atoms with Crippen LogP contribution in [-0.2, 0) is 4.79 Å². The second-order valence-electron chi connectivity index (χ2n) is 7.30. The topological polar surface area (TPSA) is 73.5 Å². The lowest BCUT2D eigenvalue weighted by Gasteiger charge is -2.26. The van der Waals surface area contributed by atoms with E-state index in [0.717, 1.165) is 34.1 Å². The van der Waals surface area contributed by atoms with E-state index in [0.29, 0.717) is 5.69 Å². The summed E-state index contributed by atoms with van der Waals surface area (Å²) in [6, 6.07) is 16.7. The molecule has 154 valence electrons. The number of hydrogen-bond acceptors (Lipinski definition) is 3. The van der Waals surface area contributed by atoms with Gasteiger partial charge < -0.3 is 15.5 Å². The summed E-state index contributed by atoms with van der Waals surface area (Å²) >= 11 is 3.39. The van der Waals surface area contributed by atoms with Crippen LogP contribution < -0.4 is 16.0 Å². The molecule has 2 aliphatic rings. The summed E-state index contributed by atoms with van der Waals surface area (Å²) < 4.78 is 0.858. The summed E-state index contributed by atoms with van der Waals surface area (Å²) in [7, 11) is 1.75. The number of anilines is 1. The van der Waals surface area contributed by atoms with Crippen LogP contribution in [0.1, 0.15) is 24.4 Å². The van der Waals surface area contributed by atoms with E-state index >= 15 is 0 Å². The molecule has 6 nitrogen and oxygen atoms in total. The van der Waals surface area contributed by atoms with Crippen molar-refractivity contribution in [3.63, 3.8) is 0 Å². The van der Waals surface area contributed by atoms with Crippen molar-refractivity contribution < 1.29 is 9.59 Å². The van der Waals surface area contributed by atoms with E-state index in [9.17, 15) is 9.59 Å². The third kappa shape index (κ3) is 4.32. The molecule has 2 unspecified atom stereocenters. The fourth-order valence-corrected chi connectivity index (χ4v) is 4.25. The summed E-state index contributed by atoms with van der Waals surface area (Å²) in [5.41, 5.74) is 3.74. The first-order valence-corrected chi connectivity index (χ1v) is 10.6. The Bertz CT molecular complexity index is 1020. The molecule has 0 bridgehead atoms. The largest absolute Gasteiger partial charge is 0.320 e. The van der Waals surface area contributed by atoms with Gasteiger partial charge in [-0.05, 0) is 48.3 Å². The van der Waals surface area contributed by atoms with E-state index in [1.54, 1.807) is 24.1 Å². The molecule has 0 fully saturated rings. The molecule has 30 heavy (non-hydrogen) atoms. The summed E-state index contributed by atoms with van der Waals surface area (Å²) in [5.74, 6) is -0.211. The van der Waals surface area contributed by atoms with Crippen LogP contribution in [0.15, 0.2) is 82.5 Å². The van der Waals surface area contributed by atoms with Crippen molar-refractivity contribution in [1.29, 1.82) is 0 Å². The van der Waals surface area contributed by atoms with Gasteiger partial charge in [0.15, 0.2) is 6.17 Å². The van der Waals surface area contributed by atoms with E-state index in [1.165, 1.54) is 0 Å². The molecule has 1 aliphatic carbocycles. The van der Waals surface area contributed by atoms with Gasteiger partial charge in [0.25, 0.3) is 5.91 Å². The van der Waals surface area contributed by atoms with E-state index in [-0.39, 0.29) is 11.9 Å². The zero-order valence-corrected chi connectivity index (χ0v) is 18.1. The Balaban J connectivity index is 1.60. The molecule has 1 heterocycles. The van der Waals surface area contributed by atoms with Crippen LogP contribution in [0.2, 0.25) is 0 Å². The number of allylic oxidation sites excluding steroid dienone is 2. The second kappa shape index (κ2) is 8.85. The Morgan fingerprint density at radius 1 is 1.17 bits per heavy atom. The van der Waals surface area contributed by atoms with Crippen molar-refractivity contribution in [2.45, 2.75) is 25.0 Å². The molecule has 1 aliphatic heterocycles. The van der Waals surface area contributed by atoms with Crippen molar-refractivity contribution >= 4 is 33.6 Å². The number of likely N-dealkylation sites (N-methyl/N-ethyl adjacent to an activating group) is 1. The number of nitrogens with one attached hydrogen (secondary N) is 3. The van der Waals surface area contributed by atoms with Crippen LogP contribution in [0.5, 0.6) is 0 Å². The molecule has 0 spiro atoms. The van der Waals surface area contributed by atoms with Gasteiger partial charge in [-0.3, -0.25) is 10.1 Å². The van der Waals surface area contributed by atoms with E-state index < -0.39 is 12.2 Å². The van der Waals surface area contributed by atoms with Gasteiger partial charge in [0.1, 0.15) is 0 Å². The first kappa shape index (κ1) is 20.4. The van der Waals surface area contributed by atoms with E-state index in [2.05, 4.69) is 38.0 Å². The van der Waals surface area contributed by atoms with Crippen LogP contribution in [0.25, 0.3) is 0 Å². The fourth-order valence-electron chi connectivity index (χ4n) is 3.85. The number of rotatable bonds is 3. The lowest BCUT2D eigenvalue weighted by atomic mass is 9.90. The van der Waals surface area contributed by atoms with Gasteiger partial charge in [-0.15, -0.1) is 0 Å². The van der Waals surface area contributed by atoms with Crippen molar-refractivity contribution in [3.8, 4) is 0 Å². The monoisotopic (exact) mass is 466 g/mol. The summed E-state index contributed by atoms with van der Waals surface area (Å²) in [6.07, 6.45) is 4.99. The molecule has 0 saturated carbocycles. The molecule has 4 rings (SSSR count). The van der Waals surface area contributed by atoms with Crippen LogP contribution in [0.3, 0.4) is 0 Å².